The van der Waals surface area contributed by atoms with Gasteiger partial charge in [0.2, 0.25) is 0 Å². The Bertz CT molecular complexity index is 423. The van der Waals surface area contributed by atoms with Crippen LogP contribution in [0.4, 0.5) is 0 Å². The Morgan fingerprint density at radius 2 is 1.94 bits per heavy atom. The van der Waals surface area contributed by atoms with Crippen molar-refractivity contribution in [3.8, 4) is 0 Å². The molecule has 1 aliphatic heterocycles. The van der Waals surface area contributed by atoms with Crippen LogP contribution >= 0.6 is 0 Å². The molecule has 98 valence electrons. The van der Waals surface area contributed by atoms with Crippen molar-refractivity contribution in [3.63, 3.8) is 0 Å². The Kier molecular flexibility index (Phi) is 3.36. The van der Waals surface area contributed by atoms with Crippen molar-refractivity contribution in [1.82, 2.24) is 5.16 Å². The Morgan fingerprint density at radius 1 is 1.33 bits per heavy atom. The van der Waals surface area contributed by atoms with Crippen LogP contribution in [-0.2, 0) is 9.31 Å². The smallest absolute Gasteiger partial charge is 0.400 e. The van der Waals surface area contributed by atoms with Crippen molar-refractivity contribution >= 4 is 13.2 Å². The van der Waals surface area contributed by atoms with Gasteiger partial charge in [-0.3, -0.25) is 0 Å². The number of rotatable bonds is 3. The maximum absolute atomic E-state index is 9.45. The highest BCUT2D eigenvalue weighted by Crippen LogP contribution is 2.38. The van der Waals surface area contributed by atoms with E-state index in [4.69, 9.17) is 13.8 Å². The van der Waals surface area contributed by atoms with Crippen LogP contribution < -0.4 is 0 Å². The van der Waals surface area contributed by atoms with Crippen LogP contribution in [0.25, 0.3) is 6.08 Å². The molecule has 1 aliphatic rings. The van der Waals surface area contributed by atoms with E-state index in [0.29, 0.717) is 5.47 Å². The highest BCUT2D eigenvalue weighted by atomic mass is 16.7. The summed E-state index contributed by atoms with van der Waals surface area (Å²) < 4.78 is 16.5. The van der Waals surface area contributed by atoms with Gasteiger partial charge >= 0.3 is 7.12 Å². The fourth-order valence-electron chi connectivity index (χ4n) is 1.68. The van der Waals surface area contributed by atoms with Crippen LogP contribution in [0.1, 0.15) is 33.3 Å². The molecule has 0 aliphatic carbocycles. The largest absolute Gasteiger partial charge is 0.492 e. The summed E-state index contributed by atoms with van der Waals surface area (Å²) in [5.74, 6) is 0. The van der Waals surface area contributed by atoms with E-state index in [2.05, 4.69) is 5.16 Å². The van der Waals surface area contributed by atoms with Gasteiger partial charge in [0.25, 0.3) is 0 Å². The molecule has 1 N–H and O–H groups in total. The van der Waals surface area contributed by atoms with Crippen molar-refractivity contribution in [3.05, 3.63) is 23.5 Å². The summed E-state index contributed by atoms with van der Waals surface area (Å²) in [4.78, 5) is 0. The normalized spacial score (nSPS) is 22.5. The van der Waals surface area contributed by atoms with Gasteiger partial charge in [-0.1, -0.05) is 11.2 Å². The predicted molar refractivity (Wildman–Crippen MR) is 67.6 cm³/mol. The molecule has 2 rings (SSSR count). The molecule has 6 heteroatoms. The summed E-state index contributed by atoms with van der Waals surface area (Å²) in [6.45, 7) is 7.76. The maximum Gasteiger partial charge on any atom is 0.492 e. The van der Waals surface area contributed by atoms with Gasteiger partial charge in [0.05, 0.1) is 24.0 Å². The van der Waals surface area contributed by atoms with Gasteiger partial charge < -0.3 is 18.9 Å². The van der Waals surface area contributed by atoms with Crippen molar-refractivity contribution in [2.45, 2.75) is 38.9 Å². The SMILES string of the molecule is CC1(C)OB(C(=Cc2cnoc2)CO)OC1(C)C. The lowest BCUT2D eigenvalue weighted by Crippen LogP contribution is -2.41. The number of aromatic nitrogens is 1. The average Bonchev–Trinajstić information content (AvgIpc) is 2.82. The molecule has 1 saturated heterocycles. The molecule has 1 aromatic rings. The highest BCUT2D eigenvalue weighted by molar-refractivity contribution is 6.55. The lowest BCUT2D eigenvalue weighted by atomic mass is 9.78. The third kappa shape index (κ3) is 2.36. The zero-order valence-electron chi connectivity index (χ0n) is 11.1. The number of hydrogen-bond acceptors (Lipinski definition) is 5. The third-order valence-corrected chi connectivity index (χ3v) is 3.54. The van der Waals surface area contributed by atoms with E-state index in [9.17, 15) is 5.11 Å². The topological polar surface area (TPSA) is 64.7 Å². The van der Waals surface area contributed by atoms with Gasteiger partial charge in [0.1, 0.15) is 6.26 Å². The van der Waals surface area contributed by atoms with Crippen molar-refractivity contribution in [2.75, 3.05) is 6.61 Å². The molecule has 0 radical (unpaired) electrons. The van der Waals surface area contributed by atoms with Gasteiger partial charge in [0, 0.05) is 5.56 Å². The van der Waals surface area contributed by atoms with Crippen molar-refractivity contribution < 1.29 is 18.9 Å². The van der Waals surface area contributed by atoms with Crippen LogP contribution in [0.15, 0.2) is 22.5 Å². The molecule has 1 aromatic heterocycles. The summed E-state index contributed by atoms with van der Waals surface area (Å²) in [7, 11) is -0.546. The number of aliphatic hydroxyl groups excluding tert-OH is 1. The van der Waals surface area contributed by atoms with Crippen molar-refractivity contribution in [2.24, 2.45) is 0 Å². The molecular weight excluding hydrogens is 233 g/mol. The Morgan fingerprint density at radius 3 is 2.39 bits per heavy atom. The van der Waals surface area contributed by atoms with Crippen LogP contribution in [0, 0.1) is 0 Å². The molecule has 0 unspecified atom stereocenters. The minimum absolute atomic E-state index is 0.137. The maximum atomic E-state index is 9.45. The average molecular weight is 251 g/mol. The van der Waals surface area contributed by atoms with Crippen LogP contribution in [0.2, 0.25) is 0 Å². The fraction of sp³-hybridized carbons (Fsp3) is 0.583. The first kappa shape index (κ1) is 13.3. The number of nitrogens with zero attached hydrogens (tertiary/aromatic N) is 1. The van der Waals surface area contributed by atoms with E-state index in [1.54, 1.807) is 12.3 Å². The third-order valence-electron chi connectivity index (χ3n) is 3.54. The van der Waals surface area contributed by atoms with Crippen LogP contribution in [-0.4, -0.2) is 35.2 Å². The summed E-state index contributed by atoms with van der Waals surface area (Å²) in [5.41, 5.74) is 0.590. The van der Waals surface area contributed by atoms with Crippen molar-refractivity contribution in [1.29, 1.82) is 0 Å². The highest BCUT2D eigenvalue weighted by Gasteiger charge is 2.52. The molecule has 0 amide bonds. The molecule has 5 nitrogen and oxygen atoms in total. The Hall–Kier alpha value is -1.11. The molecule has 0 spiro atoms. The van der Waals surface area contributed by atoms with Gasteiger partial charge in [-0.15, -0.1) is 0 Å². The zero-order chi connectivity index (χ0) is 13.4. The molecule has 0 bridgehead atoms. The van der Waals surface area contributed by atoms with E-state index in [1.807, 2.05) is 27.7 Å². The molecule has 2 heterocycles. The lowest BCUT2D eigenvalue weighted by Gasteiger charge is -2.32. The van der Waals surface area contributed by atoms with E-state index >= 15 is 0 Å². The van der Waals surface area contributed by atoms with E-state index < -0.39 is 18.3 Å². The zero-order valence-corrected chi connectivity index (χ0v) is 11.1. The van der Waals surface area contributed by atoms with E-state index in [1.165, 1.54) is 6.26 Å². The van der Waals surface area contributed by atoms with E-state index in [0.717, 1.165) is 5.56 Å². The quantitative estimate of drug-likeness (QED) is 0.828. The Labute approximate surface area is 107 Å². The molecule has 18 heavy (non-hydrogen) atoms. The molecule has 0 saturated carbocycles. The first-order valence-corrected chi connectivity index (χ1v) is 5.92. The molecular formula is C12H18BNO4. The van der Waals surface area contributed by atoms with E-state index in [-0.39, 0.29) is 6.61 Å². The van der Waals surface area contributed by atoms with Gasteiger partial charge in [-0.2, -0.15) is 0 Å². The van der Waals surface area contributed by atoms with Crippen LogP contribution in [0.5, 0.6) is 0 Å². The summed E-state index contributed by atoms with van der Waals surface area (Å²) >= 11 is 0. The van der Waals surface area contributed by atoms with Gasteiger partial charge in [-0.25, -0.2) is 0 Å². The van der Waals surface area contributed by atoms with Gasteiger partial charge in [-0.05, 0) is 33.2 Å². The predicted octanol–water partition coefficient (Wildman–Crippen LogP) is 1.68. The second kappa shape index (κ2) is 4.53. The first-order valence-electron chi connectivity index (χ1n) is 5.92. The summed E-state index contributed by atoms with van der Waals surface area (Å²) in [6.07, 6.45) is 4.83. The molecule has 1 fully saturated rings. The minimum Gasteiger partial charge on any atom is -0.400 e. The monoisotopic (exact) mass is 251 g/mol. The minimum atomic E-state index is -0.546. The molecule has 0 atom stereocenters. The number of aliphatic hydroxyl groups is 1. The second-order valence-electron chi connectivity index (χ2n) is 5.42. The fourth-order valence-corrected chi connectivity index (χ4v) is 1.68. The number of hydrogen-bond donors (Lipinski definition) is 1. The first-order chi connectivity index (χ1) is 8.36. The summed E-state index contributed by atoms with van der Waals surface area (Å²) in [6, 6.07) is 0. The Balaban J connectivity index is 2.22. The summed E-state index contributed by atoms with van der Waals surface area (Å²) in [5, 5.41) is 13.1. The lowest BCUT2D eigenvalue weighted by molar-refractivity contribution is 0.00578. The molecule has 0 aromatic carbocycles. The van der Waals surface area contributed by atoms with Gasteiger partial charge in [0.15, 0.2) is 0 Å². The van der Waals surface area contributed by atoms with Crippen LogP contribution in [0.3, 0.4) is 0 Å². The standard InChI is InChI=1S/C12H18BNO4/c1-11(2)12(3,4)18-13(17-11)10(7-15)5-9-6-14-16-8-9/h5-6,8,15H,7H2,1-4H3. The second-order valence-corrected chi connectivity index (χ2v) is 5.42.